The van der Waals surface area contributed by atoms with Crippen molar-refractivity contribution in [3.05, 3.63) is 35.9 Å². The zero-order chi connectivity index (χ0) is 21.4. The van der Waals surface area contributed by atoms with Gasteiger partial charge in [0.25, 0.3) is 5.89 Å². The molecule has 1 atom stereocenters. The number of aromatic amines is 1. The van der Waals surface area contributed by atoms with E-state index in [1.54, 1.807) is 20.4 Å². The summed E-state index contributed by atoms with van der Waals surface area (Å²) in [4.78, 5) is 12.7. The van der Waals surface area contributed by atoms with Crippen LogP contribution in [0, 0.1) is 0 Å². The van der Waals surface area contributed by atoms with Crippen molar-refractivity contribution in [2.24, 2.45) is 0 Å². The van der Waals surface area contributed by atoms with E-state index in [9.17, 15) is 0 Å². The summed E-state index contributed by atoms with van der Waals surface area (Å²) in [7, 11) is 3.26. The predicted octanol–water partition coefficient (Wildman–Crippen LogP) is 3.33. The third-order valence-corrected chi connectivity index (χ3v) is 5.70. The Morgan fingerprint density at radius 3 is 2.77 bits per heavy atom. The number of fused-ring (bicyclic) bond motifs is 1. The molecule has 3 aromatic heterocycles. The number of methoxy groups -OCH3 is 2. The second-order valence-electron chi connectivity index (χ2n) is 7.49. The fourth-order valence-corrected chi connectivity index (χ4v) is 4.07. The Morgan fingerprint density at radius 2 is 2.03 bits per heavy atom. The standard InChI is InChI=1S/C22H24N6O3/c1-4-14-18(12-5-6-16(29-2)17(9-12)30-3)25-15-11-24-20(26-19(14)15)22-28-27-21(31-22)13-7-8-23-10-13/h5-6,9,11,13,23,25H,4,7-8,10H2,1-3H3/t13-/m0/s1. The Morgan fingerprint density at radius 1 is 1.16 bits per heavy atom. The number of aryl methyl sites for hydroxylation is 1. The minimum Gasteiger partial charge on any atom is -0.493 e. The number of aromatic nitrogens is 5. The van der Waals surface area contributed by atoms with Crippen LogP contribution in [0.5, 0.6) is 11.5 Å². The van der Waals surface area contributed by atoms with Gasteiger partial charge in [-0.05, 0) is 37.6 Å². The lowest BCUT2D eigenvalue weighted by atomic mass is 10.0. The molecule has 1 aliphatic heterocycles. The summed E-state index contributed by atoms with van der Waals surface area (Å²) < 4.78 is 16.7. The summed E-state index contributed by atoms with van der Waals surface area (Å²) in [6, 6.07) is 5.85. The molecule has 1 fully saturated rings. The van der Waals surface area contributed by atoms with Gasteiger partial charge in [0.15, 0.2) is 11.5 Å². The number of hydrogen-bond donors (Lipinski definition) is 2. The molecule has 9 heteroatoms. The second-order valence-corrected chi connectivity index (χ2v) is 7.49. The van der Waals surface area contributed by atoms with Gasteiger partial charge in [0.05, 0.1) is 43.1 Å². The smallest absolute Gasteiger partial charge is 0.285 e. The first-order chi connectivity index (χ1) is 15.2. The average Bonchev–Trinajstić information content (AvgIpc) is 3.57. The van der Waals surface area contributed by atoms with Crippen LogP contribution in [0.1, 0.15) is 30.7 Å². The maximum Gasteiger partial charge on any atom is 0.285 e. The number of nitrogens with zero attached hydrogens (tertiary/aromatic N) is 4. The van der Waals surface area contributed by atoms with Crippen LogP contribution in [0.25, 0.3) is 34.0 Å². The number of nitrogens with one attached hydrogen (secondary N) is 2. The maximum atomic E-state index is 5.90. The molecule has 160 valence electrons. The molecular weight excluding hydrogens is 396 g/mol. The minimum absolute atomic E-state index is 0.250. The van der Waals surface area contributed by atoms with Crippen LogP contribution in [0.2, 0.25) is 0 Å². The highest BCUT2D eigenvalue weighted by Crippen LogP contribution is 2.36. The first-order valence-electron chi connectivity index (χ1n) is 10.4. The Bertz CT molecular complexity index is 1230. The summed E-state index contributed by atoms with van der Waals surface area (Å²) in [6.45, 7) is 3.92. The minimum atomic E-state index is 0.250. The van der Waals surface area contributed by atoms with E-state index in [-0.39, 0.29) is 5.92 Å². The topological polar surface area (TPSA) is 111 Å². The van der Waals surface area contributed by atoms with Gasteiger partial charge in [-0.3, -0.25) is 0 Å². The van der Waals surface area contributed by atoms with Crippen LogP contribution in [0.4, 0.5) is 0 Å². The van der Waals surface area contributed by atoms with Gasteiger partial charge in [-0.15, -0.1) is 10.2 Å². The molecule has 9 nitrogen and oxygen atoms in total. The van der Waals surface area contributed by atoms with E-state index in [2.05, 4.69) is 32.4 Å². The molecule has 5 rings (SSSR count). The Kier molecular flexibility index (Phi) is 5.03. The summed E-state index contributed by atoms with van der Waals surface area (Å²) in [5.74, 6) is 3.03. The fraction of sp³-hybridized carbons (Fsp3) is 0.364. The molecule has 0 amide bonds. The van der Waals surface area contributed by atoms with E-state index >= 15 is 0 Å². The fourth-order valence-electron chi connectivity index (χ4n) is 4.07. The van der Waals surface area contributed by atoms with Crippen LogP contribution < -0.4 is 14.8 Å². The monoisotopic (exact) mass is 420 g/mol. The maximum absolute atomic E-state index is 5.90. The van der Waals surface area contributed by atoms with Gasteiger partial charge in [-0.25, -0.2) is 9.97 Å². The van der Waals surface area contributed by atoms with Crippen molar-refractivity contribution >= 4 is 11.0 Å². The zero-order valence-electron chi connectivity index (χ0n) is 17.7. The van der Waals surface area contributed by atoms with E-state index in [0.717, 1.165) is 53.8 Å². The second kappa shape index (κ2) is 7.99. The van der Waals surface area contributed by atoms with Crippen LogP contribution in [0.15, 0.2) is 28.8 Å². The van der Waals surface area contributed by atoms with Crippen molar-refractivity contribution in [1.82, 2.24) is 30.5 Å². The first kappa shape index (κ1) is 19.5. The highest BCUT2D eigenvalue weighted by atomic mass is 16.5. The van der Waals surface area contributed by atoms with Crippen LogP contribution in [-0.2, 0) is 6.42 Å². The first-order valence-corrected chi connectivity index (χ1v) is 10.4. The molecule has 1 aromatic carbocycles. The molecule has 0 unspecified atom stereocenters. The van der Waals surface area contributed by atoms with Gasteiger partial charge >= 0.3 is 0 Å². The lowest BCUT2D eigenvalue weighted by molar-refractivity contribution is 0.355. The van der Waals surface area contributed by atoms with E-state index in [1.807, 2.05) is 18.2 Å². The number of H-pyrrole nitrogens is 1. The van der Waals surface area contributed by atoms with Crippen LogP contribution in [0.3, 0.4) is 0 Å². The van der Waals surface area contributed by atoms with Gasteiger partial charge in [0, 0.05) is 17.7 Å². The Hall–Kier alpha value is -3.46. The highest BCUT2D eigenvalue weighted by molar-refractivity contribution is 5.88. The zero-order valence-corrected chi connectivity index (χ0v) is 17.7. The van der Waals surface area contributed by atoms with Crippen molar-refractivity contribution in [2.45, 2.75) is 25.7 Å². The van der Waals surface area contributed by atoms with Crippen LogP contribution in [-0.4, -0.2) is 52.5 Å². The number of ether oxygens (including phenoxy) is 2. The van der Waals surface area contributed by atoms with Gasteiger partial charge < -0.3 is 24.2 Å². The van der Waals surface area contributed by atoms with Gasteiger partial charge in [0.2, 0.25) is 11.7 Å². The summed E-state index contributed by atoms with van der Waals surface area (Å²) >= 11 is 0. The number of hydrogen-bond acceptors (Lipinski definition) is 8. The number of benzene rings is 1. The van der Waals surface area contributed by atoms with Crippen molar-refractivity contribution in [3.63, 3.8) is 0 Å². The Labute approximate surface area is 179 Å². The molecule has 1 aliphatic rings. The Balaban J connectivity index is 1.55. The lowest BCUT2D eigenvalue weighted by Gasteiger charge is -2.09. The molecule has 0 spiro atoms. The molecule has 0 bridgehead atoms. The van der Waals surface area contributed by atoms with Gasteiger partial charge in [-0.1, -0.05) is 6.92 Å². The molecule has 0 aliphatic carbocycles. The number of rotatable bonds is 6. The van der Waals surface area contributed by atoms with E-state index in [0.29, 0.717) is 29.1 Å². The van der Waals surface area contributed by atoms with E-state index in [1.165, 1.54) is 0 Å². The third kappa shape index (κ3) is 3.40. The quantitative estimate of drug-likeness (QED) is 0.489. The molecule has 2 N–H and O–H groups in total. The molecule has 1 saturated heterocycles. The van der Waals surface area contributed by atoms with Crippen molar-refractivity contribution in [1.29, 1.82) is 0 Å². The average molecular weight is 420 g/mol. The van der Waals surface area contributed by atoms with Crippen molar-refractivity contribution in [2.75, 3.05) is 27.3 Å². The third-order valence-electron chi connectivity index (χ3n) is 5.70. The SMILES string of the molecule is CCc1c(-c2ccc(OC)c(OC)c2)[nH]c2cnc(-c3nnc([C@H]4CCNC4)o3)nc12. The highest BCUT2D eigenvalue weighted by Gasteiger charge is 2.24. The summed E-state index contributed by atoms with van der Waals surface area (Å²) in [6.07, 6.45) is 3.55. The lowest BCUT2D eigenvalue weighted by Crippen LogP contribution is -2.08. The van der Waals surface area contributed by atoms with Crippen LogP contribution >= 0.6 is 0 Å². The van der Waals surface area contributed by atoms with E-state index < -0.39 is 0 Å². The largest absolute Gasteiger partial charge is 0.493 e. The van der Waals surface area contributed by atoms with Crippen molar-refractivity contribution < 1.29 is 13.9 Å². The van der Waals surface area contributed by atoms with Gasteiger partial charge in [0.1, 0.15) is 0 Å². The molecule has 4 aromatic rings. The van der Waals surface area contributed by atoms with Gasteiger partial charge in [-0.2, -0.15) is 0 Å². The van der Waals surface area contributed by atoms with Crippen molar-refractivity contribution in [3.8, 4) is 34.5 Å². The normalized spacial score (nSPS) is 16.2. The molecular formula is C22H24N6O3. The molecule has 31 heavy (non-hydrogen) atoms. The summed E-state index contributed by atoms with van der Waals surface area (Å²) in [5.41, 5.74) is 4.76. The predicted molar refractivity (Wildman–Crippen MR) is 115 cm³/mol. The molecule has 0 saturated carbocycles. The van der Waals surface area contributed by atoms with E-state index in [4.69, 9.17) is 18.9 Å². The molecule has 4 heterocycles. The summed E-state index contributed by atoms with van der Waals surface area (Å²) in [5, 5.41) is 11.7. The molecule has 0 radical (unpaired) electrons.